The molecule has 1 amide bonds. The molecule has 6 heteroatoms. The molecule has 1 aromatic carbocycles. The number of benzene rings is 1. The topological polar surface area (TPSA) is 60.0 Å². The Bertz CT molecular complexity index is 669. The largest absolute Gasteiger partial charge is 0.381 e. The molecule has 2 atom stereocenters. The van der Waals surface area contributed by atoms with Crippen molar-refractivity contribution in [2.24, 2.45) is 11.8 Å². The summed E-state index contributed by atoms with van der Waals surface area (Å²) in [7, 11) is 0. The molecule has 3 heterocycles. The lowest BCUT2D eigenvalue weighted by Crippen LogP contribution is -2.49. The maximum Gasteiger partial charge on any atom is 0.251 e. The lowest BCUT2D eigenvalue weighted by molar-refractivity contribution is -0.0259. The van der Waals surface area contributed by atoms with Gasteiger partial charge in [-0.15, -0.1) is 0 Å². The highest BCUT2D eigenvalue weighted by molar-refractivity contribution is 5.95. The molecule has 4 rings (SSSR count). The van der Waals surface area contributed by atoms with Crippen molar-refractivity contribution in [3.8, 4) is 0 Å². The van der Waals surface area contributed by atoms with E-state index in [4.69, 9.17) is 14.2 Å². The van der Waals surface area contributed by atoms with Gasteiger partial charge in [-0.3, -0.25) is 4.79 Å². The number of rotatable bonds is 4. The Morgan fingerprint density at radius 3 is 2.46 bits per heavy atom. The van der Waals surface area contributed by atoms with Crippen LogP contribution in [0.1, 0.15) is 35.2 Å². The highest BCUT2D eigenvalue weighted by Gasteiger charge is 2.34. The van der Waals surface area contributed by atoms with Crippen molar-refractivity contribution in [2.45, 2.75) is 32.2 Å². The van der Waals surface area contributed by atoms with Crippen molar-refractivity contribution >= 4 is 11.6 Å². The molecule has 0 saturated carbocycles. The molecule has 3 saturated heterocycles. The molecule has 1 N–H and O–H groups in total. The van der Waals surface area contributed by atoms with Gasteiger partial charge in [0, 0.05) is 56.1 Å². The molecule has 0 radical (unpaired) electrons. The lowest BCUT2D eigenvalue weighted by atomic mass is 9.79. The monoisotopic (exact) mass is 388 g/mol. The quantitative estimate of drug-likeness (QED) is 0.858. The zero-order valence-corrected chi connectivity index (χ0v) is 16.8. The van der Waals surface area contributed by atoms with Crippen LogP contribution in [0.15, 0.2) is 18.2 Å². The van der Waals surface area contributed by atoms with Crippen LogP contribution in [-0.4, -0.2) is 64.7 Å². The van der Waals surface area contributed by atoms with Gasteiger partial charge in [-0.1, -0.05) is 0 Å². The van der Waals surface area contributed by atoms with Crippen LogP contribution in [-0.2, 0) is 14.2 Å². The number of morpholine rings is 1. The molecule has 6 nitrogen and oxygen atoms in total. The maximum atomic E-state index is 13.0. The molecule has 1 aromatic rings. The van der Waals surface area contributed by atoms with Crippen molar-refractivity contribution in [1.29, 1.82) is 0 Å². The SMILES string of the molecule is Cc1cc(C(=O)N[C@H]2CCOC[C@H]2C2CCOCC2)ccc1N1CCOCC1. The summed E-state index contributed by atoms with van der Waals surface area (Å²) in [6.07, 6.45) is 3.01. The van der Waals surface area contributed by atoms with Crippen molar-refractivity contribution in [2.75, 3.05) is 57.6 Å². The first-order chi connectivity index (χ1) is 13.7. The highest BCUT2D eigenvalue weighted by Crippen LogP contribution is 2.31. The third-order valence-corrected chi connectivity index (χ3v) is 6.40. The Labute approximate surface area is 167 Å². The van der Waals surface area contributed by atoms with Gasteiger partial charge in [0.25, 0.3) is 5.91 Å². The zero-order valence-electron chi connectivity index (χ0n) is 16.8. The van der Waals surface area contributed by atoms with Gasteiger partial charge in [-0.2, -0.15) is 0 Å². The second-order valence-corrected chi connectivity index (χ2v) is 8.16. The number of amides is 1. The Hall–Kier alpha value is -1.63. The van der Waals surface area contributed by atoms with Crippen molar-refractivity contribution in [3.63, 3.8) is 0 Å². The standard InChI is InChI=1S/C22H32N2O4/c1-16-14-18(2-3-21(16)24-7-12-27-13-8-24)22(25)23-20-6-11-28-15-19(20)17-4-9-26-10-5-17/h2-3,14,17,19-20H,4-13,15H2,1H3,(H,23,25)/t19-,20-/m0/s1. The summed E-state index contributed by atoms with van der Waals surface area (Å²) in [4.78, 5) is 15.3. The van der Waals surface area contributed by atoms with Gasteiger partial charge in [0.2, 0.25) is 0 Å². The Morgan fingerprint density at radius 1 is 1.00 bits per heavy atom. The van der Waals surface area contributed by atoms with Crippen molar-refractivity contribution in [3.05, 3.63) is 29.3 Å². The van der Waals surface area contributed by atoms with Crippen LogP contribution in [0.4, 0.5) is 5.69 Å². The molecule has 3 aliphatic rings. The third kappa shape index (κ3) is 4.50. The number of carbonyl (C=O) groups is 1. The fraction of sp³-hybridized carbons (Fsp3) is 0.682. The van der Waals surface area contributed by atoms with Crippen LogP contribution in [0, 0.1) is 18.8 Å². The minimum atomic E-state index is 0.0283. The summed E-state index contributed by atoms with van der Waals surface area (Å²) in [6, 6.07) is 6.23. The van der Waals surface area contributed by atoms with E-state index in [1.807, 2.05) is 12.1 Å². The van der Waals surface area contributed by atoms with E-state index in [0.717, 1.165) is 83.1 Å². The fourth-order valence-electron chi connectivity index (χ4n) is 4.76. The number of hydrogen-bond acceptors (Lipinski definition) is 5. The molecule has 0 spiro atoms. The smallest absolute Gasteiger partial charge is 0.251 e. The van der Waals surface area contributed by atoms with Gasteiger partial charge >= 0.3 is 0 Å². The number of carbonyl (C=O) groups excluding carboxylic acids is 1. The van der Waals surface area contributed by atoms with Crippen LogP contribution in [0.25, 0.3) is 0 Å². The Balaban J connectivity index is 1.42. The van der Waals surface area contributed by atoms with Crippen molar-refractivity contribution in [1.82, 2.24) is 5.32 Å². The molecule has 154 valence electrons. The zero-order chi connectivity index (χ0) is 19.3. The van der Waals surface area contributed by atoms with Gasteiger partial charge in [0.1, 0.15) is 0 Å². The highest BCUT2D eigenvalue weighted by atomic mass is 16.5. The normalized spacial score (nSPS) is 26.8. The molecule has 0 bridgehead atoms. The van der Waals surface area contributed by atoms with Gasteiger partial charge in [0.15, 0.2) is 0 Å². The molecule has 28 heavy (non-hydrogen) atoms. The number of hydrogen-bond donors (Lipinski definition) is 1. The average molecular weight is 389 g/mol. The van der Waals surface area contributed by atoms with Gasteiger partial charge in [-0.05, 0) is 55.9 Å². The lowest BCUT2D eigenvalue weighted by Gasteiger charge is -2.39. The average Bonchev–Trinajstić information content (AvgIpc) is 2.75. The molecule has 3 fully saturated rings. The molecule has 0 aromatic heterocycles. The summed E-state index contributed by atoms with van der Waals surface area (Å²) in [6.45, 7) is 8.53. The maximum absolute atomic E-state index is 13.0. The molecular formula is C22H32N2O4. The first-order valence-electron chi connectivity index (χ1n) is 10.6. The molecular weight excluding hydrogens is 356 g/mol. The molecule has 3 aliphatic heterocycles. The number of nitrogens with zero attached hydrogens (tertiary/aromatic N) is 1. The Kier molecular flexibility index (Phi) is 6.50. The summed E-state index contributed by atoms with van der Waals surface area (Å²) < 4.78 is 16.7. The van der Waals surface area contributed by atoms with Gasteiger partial charge < -0.3 is 24.4 Å². The van der Waals surface area contributed by atoms with E-state index in [9.17, 15) is 4.79 Å². The van der Waals surface area contributed by atoms with E-state index < -0.39 is 0 Å². The second kappa shape index (κ2) is 9.25. The molecule has 0 aliphatic carbocycles. The first kappa shape index (κ1) is 19.7. The number of nitrogens with one attached hydrogen (secondary N) is 1. The Morgan fingerprint density at radius 2 is 1.71 bits per heavy atom. The minimum Gasteiger partial charge on any atom is -0.381 e. The number of aryl methyl sites for hydroxylation is 1. The van der Waals surface area contributed by atoms with Crippen LogP contribution < -0.4 is 10.2 Å². The van der Waals surface area contributed by atoms with E-state index in [-0.39, 0.29) is 11.9 Å². The first-order valence-corrected chi connectivity index (χ1v) is 10.6. The molecule has 0 unspecified atom stereocenters. The summed E-state index contributed by atoms with van der Waals surface area (Å²) in [5.41, 5.74) is 3.08. The van der Waals surface area contributed by atoms with Crippen LogP contribution in [0.2, 0.25) is 0 Å². The predicted octanol–water partition coefficient (Wildman–Crippen LogP) is 2.39. The summed E-state index contributed by atoms with van der Waals surface area (Å²) in [5.74, 6) is 0.987. The van der Waals surface area contributed by atoms with Crippen LogP contribution in [0.5, 0.6) is 0 Å². The van der Waals surface area contributed by atoms with Crippen LogP contribution >= 0.6 is 0 Å². The summed E-state index contributed by atoms with van der Waals surface area (Å²) in [5, 5.41) is 3.32. The fourth-order valence-corrected chi connectivity index (χ4v) is 4.76. The van der Waals surface area contributed by atoms with Gasteiger partial charge in [-0.25, -0.2) is 0 Å². The van der Waals surface area contributed by atoms with E-state index in [2.05, 4.69) is 23.2 Å². The van der Waals surface area contributed by atoms with E-state index in [1.165, 1.54) is 5.69 Å². The third-order valence-electron chi connectivity index (χ3n) is 6.40. The second-order valence-electron chi connectivity index (χ2n) is 8.16. The predicted molar refractivity (Wildman–Crippen MR) is 108 cm³/mol. The van der Waals surface area contributed by atoms with E-state index in [1.54, 1.807) is 0 Å². The number of anilines is 1. The van der Waals surface area contributed by atoms with E-state index >= 15 is 0 Å². The van der Waals surface area contributed by atoms with Gasteiger partial charge in [0.05, 0.1) is 19.8 Å². The number of ether oxygens (including phenoxy) is 3. The van der Waals surface area contributed by atoms with Crippen molar-refractivity contribution < 1.29 is 19.0 Å². The minimum absolute atomic E-state index is 0.0283. The summed E-state index contributed by atoms with van der Waals surface area (Å²) >= 11 is 0. The van der Waals surface area contributed by atoms with Crippen LogP contribution in [0.3, 0.4) is 0 Å². The van der Waals surface area contributed by atoms with E-state index in [0.29, 0.717) is 11.8 Å².